The number of hydrogen-bond acceptors (Lipinski definition) is 8. The topological polar surface area (TPSA) is 84.2 Å². The van der Waals surface area contributed by atoms with Crippen molar-refractivity contribution in [2.24, 2.45) is 0 Å². The van der Waals surface area contributed by atoms with E-state index in [0.717, 1.165) is 46.0 Å². The van der Waals surface area contributed by atoms with Gasteiger partial charge in [0.1, 0.15) is 23.2 Å². The monoisotopic (exact) mass is 437 g/mol. The summed E-state index contributed by atoms with van der Waals surface area (Å²) in [6.45, 7) is 3.39. The molecule has 0 radical (unpaired) electrons. The Bertz CT molecular complexity index is 1200. The summed E-state index contributed by atoms with van der Waals surface area (Å²) < 4.78 is 23.6. The molecule has 9 heteroatoms. The fourth-order valence-corrected chi connectivity index (χ4v) is 4.42. The van der Waals surface area contributed by atoms with E-state index in [-0.39, 0.29) is 6.10 Å². The van der Waals surface area contributed by atoms with Gasteiger partial charge < -0.3 is 18.8 Å². The Morgan fingerprint density at radius 2 is 2.06 bits per heavy atom. The second-order valence-corrected chi connectivity index (χ2v) is 8.38. The van der Waals surface area contributed by atoms with Crippen LogP contribution in [0.4, 0.5) is 0 Å². The smallest absolute Gasteiger partial charge is 0.242 e. The molecule has 0 amide bonds. The van der Waals surface area contributed by atoms with Gasteiger partial charge >= 0.3 is 0 Å². The van der Waals surface area contributed by atoms with Crippen LogP contribution >= 0.6 is 11.5 Å². The summed E-state index contributed by atoms with van der Waals surface area (Å²) in [7, 11) is 1.63. The second kappa shape index (κ2) is 8.60. The van der Waals surface area contributed by atoms with Gasteiger partial charge in [-0.1, -0.05) is 0 Å². The number of methoxy groups -OCH3 is 1. The van der Waals surface area contributed by atoms with E-state index in [1.165, 1.54) is 11.5 Å². The molecule has 0 unspecified atom stereocenters. The van der Waals surface area contributed by atoms with Crippen LogP contribution in [0, 0.1) is 6.92 Å². The standard InChI is InChI=1S/C22H23N5O3S/c1-14-9-18(31-26-14)11-20-24-19-3-6-27(15-10-17(28-2)13-23-12-15)21(19)22(25-20)30-16-4-7-29-8-5-16/h3,6,9-10,12-13,16H,4-5,7-8,11H2,1-2H3. The predicted molar refractivity (Wildman–Crippen MR) is 117 cm³/mol. The predicted octanol–water partition coefficient (Wildman–Crippen LogP) is 3.74. The summed E-state index contributed by atoms with van der Waals surface area (Å²) >= 11 is 1.48. The van der Waals surface area contributed by atoms with Gasteiger partial charge in [0.05, 0.1) is 49.6 Å². The first kappa shape index (κ1) is 19.9. The zero-order valence-electron chi connectivity index (χ0n) is 17.4. The molecule has 0 aliphatic carbocycles. The third-order valence-corrected chi connectivity index (χ3v) is 6.09. The van der Waals surface area contributed by atoms with Gasteiger partial charge in [-0.3, -0.25) is 4.98 Å². The highest BCUT2D eigenvalue weighted by Crippen LogP contribution is 2.30. The van der Waals surface area contributed by atoms with Crippen molar-refractivity contribution in [3.05, 3.63) is 53.2 Å². The maximum atomic E-state index is 6.41. The number of hydrogen-bond donors (Lipinski definition) is 0. The summed E-state index contributed by atoms with van der Waals surface area (Å²) in [4.78, 5) is 15.1. The molecule has 31 heavy (non-hydrogen) atoms. The van der Waals surface area contributed by atoms with Crippen LogP contribution in [-0.2, 0) is 11.2 Å². The molecule has 0 bridgehead atoms. The molecule has 5 rings (SSSR count). The zero-order valence-corrected chi connectivity index (χ0v) is 18.3. The van der Waals surface area contributed by atoms with Crippen LogP contribution in [0.5, 0.6) is 11.6 Å². The highest BCUT2D eigenvalue weighted by Gasteiger charge is 2.21. The van der Waals surface area contributed by atoms with Gasteiger partial charge in [0, 0.05) is 36.4 Å². The molecule has 1 aliphatic heterocycles. The van der Waals surface area contributed by atoms with Gasteiger partial charge in [-0.05, 0) is 30.6 Å². The Balaban J connectivity index is 1.58. The molecule has 0 saturated carbocycles. The number of aryl methyl sites for hydroxylation is 1. The normalized spacial score (nSPS) is 14.8. The lowest BCUT2D eigenvalue weighted by Gasteiger charge is -2.23. The average molecular weight is 438 g/mol. The van der Waals surface area contributed by atoms with E-state index >= 15 is 0 Å². The minimum atomic E-state index is 0.0668. The summed E-state index contributed by atoms with van der Waals surface area (Å²) in [6, 6.07) is 5.98. The number of aromatic nitrogens is 5. The van der Waals surface area contributed by atoms with Crippen molar-refractivity contribution in [2.75, 3.05) is 20.3 Å². The molecule has 1 aliphatic rings. The second-order valence-electron chi connectivity index (χ2n) is 7.49. The first-order chi connectivity index (χ1) is 15.2. The molecule has 0 spiro atoms. The van der Waals surface area contributed by atoms with E-state index in [1.807, 2.05) is 29.8 Å². The third kappa shape index (κ3) is 4.24. The highest BCUT2D eigenvalue weighted by molar-refractivity contribution is 7.05. The Kier molecular flexibility index (Phi) is 5.52. The van der Waals surface area contributed by atoms with Crippen LogP contribution in [0.15, 0.2) is 36.8 Å². The van der Waals surface area contributed by atoms with Crippen molar-refractivity contribution < 1.29 is 14.2 Å². The van der Waals surface area contributed by atoms with Crippen molar-refractivity contribution in [1.82, 2.24) is 23.9 Å². The van der Waals surface area contributed by atoms with E-state index in [4.69, 9.17) is 24.2 Å². The maximum Gasteiger partial charge on any atom is 0.242 e. The fourth-order valence-electron chi connectivity index (χ4n) is 3.69. The third-order valence-electron chi connectivity index (χ3n) is 5.22. The van der Waals surface area contributed by atoms with Gasteiger partial charge in [0.25, 0.3) is 0 Å². The number of ether oxygens (including phenoxy) is 3. The maximum absolute atomic E-state index is 6.41. The van der Waals surface area contributed by atoms with Crippen molar-refractivity contribution in [3.63, 3.8) is 0 Å². The fraction of sp³-hybridized carbons (Fsp3) is 0.364. The summed E-state index contributed by atoms with van der Waals surface area (Å²) in [5, 5.41) is 0. The van der Waals surface area contributed by atoms with Crippen molar-refractivity contribution in [2.45, 2.75) is 32.3 Å². The lowest BCUT2D eigenvalue weighted by molar-refractivity contribution is 0.0242. The minimum absolute atomic E-state index is 0.0668. The van der Waals surface area contributed by atoms with Gasteiger partial charge in [0.2, 0.25) is 5.88 Å². The Hall–Kier alpha value is -3.04. The van der Waals surface area contributed by atoms with E-state index in [1.54, 1.807) is 19.5 Å². The Labute approximate surface area is 184 Å². The molecule has 1 fully saturated rings. The first-order valence-electron chi connectivity index (χ1n) is 10.2. The van der Waals surface area contributed by atoms with Gasteiger partial charge in [-0.25, -0.2) is 4.98 Å². The molecule has 4 aromatic heterocycles. The number of fused-ring (bicyclic) bond motifs is 1. The number of pyridine rings is 1. The molecule has 0 aromatic carbocycles. The number of rotatable bonds is 6. The average Bonchev–Trinajstić information content (AvgIpc) is 3.40. The van der Waals surface area contributed by atoms with Crippen LogP contribution in [0.2, 0.25) is 0 Å². The Morgan fingerprint density at radius 3 is 2.84 bits per heavy atom. The Morgan fingerprint density at radius 1 is 1.19 bits per heavy atom. The lowest BCUT2D eigenvalue weighted by Crippen LogP contribution is -2.26. The molecular formula is C22H23N5O3S. The summed E-state index contributed by atoms with van der Waals surface area (Å²) in [5.41, 5.74) is 3.53. The molecule has 5 heterocycles. The van der Waals surface area contributed by atoms with E-state index in [2.05, 4.69) is 15.4 Å². The van der Waals surface area contributed by atoms with E-state index in [0.29, 0.717) is 31.3 Å². The molecular weight excluding hydrogens is 414 g/mol. The number of nitrogens with zero attached hydrogens (tertiary/aromatic N) is 5. The minimum Gasteiger partial charge on any atom is -0.495 e. The summed E-state index contributed by atoms with van der Waals surface area (Å²) in [6.07, 6.45) is 7.81. The molecule has 0 atom stereocenters. The zero-order chi connectivity index (χ0) is 21.2. The van der Waals surface area contributed by atoms with Crippen LogP contribution in [0.25, 0.3) is 16.7 Å². The van der Waals surface area contributed by atoms with E-state index < -0.39 is 0 Å². The highest BCUT2D eigenvalue weighted by atomic mass is 32.1. The van der Waals surface area contributed by atoms with Gasteiger partial charge in [-0.15, -0.1) is 0 Å². The van der Waals surface area contributed by atoms with Gasteiger partial charge in [-0.2, -0.15) is 9.36 Å². The molecule has 4 aromatic rings. The molecule has 160 valence electrons. The SMILES string of the molecule is COc1cncc(-n2ccc3nc(Cc4cc(C)ns4)nc(OC4CCOCC4)c32)c1. The van der Waals surface area contributed by atoms with E-state index in [9.17, 15) is 0 Å². The van der Waals surface area contributed by atoms with Crippen molar-refractivity contribution in [1.29, 1.82) is 0 Å². The van der Waals surface area contributed by atoms with Gasteiger partial charge in [0.15, 0.2) is 0 Å². The first-order valence-corrected chi connectivity index (χ1v) is 11.0. The van der Waals surface area contributed by atoms with Crippen LogP contribution in [0.3, 0.4) is 0 Å². The van der Waals surface area contributed by atoms with Crippen molar-refractivity contribution in [3.8, 4) is 17.3 Å². The summed E-state index contributed by atoms with van der Waals surface area (Å²) in [5.74, 6) is 1.99. The molecule has 8 nitrogen and oxygen atoms in total. The van der Waals surface area contributed by atoms with Crippen molar-refractivity contribution >= 4 is 22.6 Å². The van der Waals surface area contributed by atoms with Crippen LogP contribution < -0.4 is 9.47 Å². The quantitative estimate of drug-likeness (QED) is 0.454. The lowest BCUT2D eigenvalue weighted by atomic mass is 10.1. The van der Waals surface area contributed by atoms with Crippen LogP contribution in [0.1, 0.15) is 29.2 Å². The van der Waals surface area contributed by atoms with Crippen LogP contribution in [-0.4, -0.2) is 50.3 Å². The largest absolute Gasteiger partial charge is 0.495 e. The molecule has 0 N–H and O–H groups in total. The molecule has 1 saturated heterocycles.